The van der Waals surface area contributed by atoms with E-state index in [1.807, 2.05) is 0 Å². The van der Waals surface area contributed by atoms with Crippen LogP contribution in [0.4, 0.5) is 0 Å². The molecule has 9 nitrogen and oxygen atoms in total. The fourth-order valence-electron chi connectivity index (χ4n) is 1.70. The topological polar surface area (TPSA) is 171 Å². The Labute approximate surface area is 102 Å². The van der Waals surface area contributed by atoms with Crippen LogP contribution in [0.3, 0.4) is 0 Å². The monoisotopic (exact) mass is 270 g/mol. The van der Waals surface area contributed by atoms with Gasteiger partial charge in [0.1, 0.15) is 42.7 Å². The van der Waals surface area contributed by atoms with Crippen LogP contribution in [0.25, 0.3) is 0 Å². The normalized spacial score (nSPS) is 42.3. The summed E-state index contributed by atoms with van der Waals surface area (Å²) in [6, 6.07) is 0. The first-order chi connectivity index (χ1) is 8.31. The van der Waals surface area contributed by atoms with Gasteiger partial charge < -0.3 is 45.6 Å². The largest absolute Gasteiger partial charge is 0.394 e. The molecule has 1 aliphatic heterocycles. The second-order valence-electron chi connectivity index (χ2n) is 4.19. The molecule has 18 heavy (non-hydrogen) atoms. The Hall–Kier alpha value is -0.360. The molecular weight excluding hydrogens is 252 g/mol. The zero-order valence-electron chi connectivity index (χ0n) is 9.31. The predicted molar refractivity (Wildman–Crippen MR) is 54.0 cm³/mol. The number of rotatable bonds is 4. The van der Waals surface area contributed by atoms with Crippen molar-refractivity contribution in [1.82, 2.24) is 0 Å². The lowest BCUT2D eigenvalue weighted by Gasteiger charge is -2.41. The summed E-state index contributed by atoms with van der Waals surface area (Å²) in [4.78, 5) is 0. The molecule has 9 heteroatoms. The number of aliphatic hydroxyl groups excluding tert-OH is 8. The van der Waals surface area contributed by atoms with E-state index in [4.69, 9.17) is 10.2 Å². The summed E-state index contributed by atoms with van der Waals surface area (Å²) in [5.41, 5.74) is 0. The first-order valence-electron chi connectivity index (χ1n) is 5.34. The third-order valence-electron chi connectivity index (χ3n) is 2.89. The third kappa shape index (κ3) is 2.96. The Morgan fingerprint density at radius 3 is 1.94 bits per heavy atom. The summed E-state index contributed by atoms with van der Waals surface area (Å²) in [5, 5.41) is 74.1. The van der Waals surface area contributed by atoms with Crippen LogP contribution in [0.2, 0.25) is 0 Å². The Balaban J connectivity index is 2.76. The van der Waals surface area contributed by atoms with Gasteiger partial charge >= 0.3 is 0 Å². The minimum atomic E-state index is -1.88. The van der Waals surface area contributed by atoms with Crippen LogP contribution in [0.1, 0.15) is 0 Å². The van der Waals surface area contributed by atoms with Crippen LogP contribution in [-0.4, -0.2) is 96.5 Å². The fourth-order valence-corrected chi connectivity index (χ4v) is 1.70. The van der Waals surface area contributed by atoms with E-state index in [0.29, 0.717) is 0 Å². The van der Waals surface area contributed by atoms with E-state index < -0.39 is 55.6 Å². The minimum Gasteiger partial charge on any atom is -0.394 e. The number of hydrogen-bond acceptors (Lipinski definition) is 9. The molecule has 1 aliphatic rings. The number of hydrogen-bond donors (Lipinski definition) is 8. The van der Waals surface area contributed by atoms with Gasteiger partial charge in [-0.15, -0.1) is 0 Å². The predicted octanol–water partition coefficient (Wildman–Crippen LogP) is -5.14. The first-order valence-corrected chi connectivity index (χ1v) is 5.34. The SMILES string of the molecule is OCC(O)C(O)C(O)C1O[C@H](O)C(O)C(O)C1O. The standard InChI is InChI=1S/C9H18O9/c10-1-2(11)3(12)5(14)8-6(15)4(13)7(16)9(17)18-8/h2-17H,1H2/t2?,3?,4?,5?,6?,7?,8?,9-/m0/s1. The van der Waals surface area contributed by atoms with E-state index in [2.05, 4.69) is 4.74 Å². The van der Waals surface area contributed by atoms with E-state index in [1.54, 1.807) is 0 Å². The highest BCUT2D eigenvalue weighted by atomic mass is 16.6. The van der Waals surface area contributed by atoms with Gasteiger partial charge in [-0.1, -0.05) is 0 Å². The van der Waals surface area contributed by atoms with Crippen molar-refractivity contribution < 1.29 is 45.6 Å². The molecule has 0 bridgehead atoms. The maximum Gasteiger partial charge on any atom is 0.184 e. The molecule has 8 N–H and O–H groups in total. The van der Waals surface area contributed by atoms with Crippen molar-refractivity contribution in [2.75, 3.05) is 6.61 Å². The van der Waals surface area contributed by atoms with Crippen molar-refractivity contribution in [2.45, 2.75) is 49.0 Å². The molecule has 0 amide bonds. The highest BCUT2D eigenvalue weighted by Crippen LogP contribution is 2.24. The molecular formula is C9H18O9. The van der Waals surface area contributed by atoms with Gasteiger partial charge in [0, 0.05) is 0 Å². The highest BCUT2D eigenvalue weighted by molar-refractivity contribution is 4.95. The fraction of sp³-hybridized carbons (Fsp3) is 1.00. The molecule has 1 rings (SSSR count). The molecule has 1 saturated heterocycles. The lowest BCUT2D eigenvalue weighted by atomic mass is 9.91. The Morgan fingerprint density at radius 2 is 1.44 bits per heavy atom. The van der Waals surface area contributed by atoms with E-state index in [1.165, 1.54) is 0 Å². The zero-order valence-corrected chi connectivity index (χ0v) is 9.31. The van der Waals surface area contributed by atoms with Crippen molar-refractivity contribution in [1.29, 1.82) is 0 Å². The van der Waals surface area contributed by atoms with Gasteiger partial charge in [0.2, 0.25) is 0 Å². The summed E-state index contributed by atoms with van der Waals surface area (Å²) >= 11 is 0. The molecule has 108 valence electrons. The van der Waals surface area contributed by atoms with Crippen LogP contribution < -0.4 is 0 Å². The quantitative estimate of drug-likeness (QED) is 0.249. The molecule has 0 radical (unpaired) electrons. The Morgan fingerprint density at radius 1 is 0.889 bits per heavy atom. The summed E-state index contributed by atoms with van der Waals surface area (Å²) in [6.45, 7) is -0.839. The maximum absolute atomic E-state index is 9.63. The van der Waals surface area contributed by atoms with Gasteiger partial charge in [0.25, 0.3) is 0 Å². The molecule has 0 aromatic carbocycles. The third-order valence-corrected chi connectivity index (χ3v) is 2.89. The van der Waals surface area contributed by atoms with Crippen molar-refractivity contribution in [2.24, 2.45) is 0 Å². The molecule has 0 spiro atoms. The smallest absolute Gasteiger partial charge is 0.184 e. The van der Waals surface area contributed by atoms with Gasteiger partial charge in [-0.25, -0.2) is 0 Å². The molecule has 1 heterocycles. The Kier molecular flexibility index (Phi) is 5.40. The van der Waals surface area contributed by atoms with Crippen molar-refractivity contribution in [3.63, 3.8) is 0 Å². The first kappa shape index (κ1) is 15.7. The van der Waals surface area contributed by atoms with Crippen LogP contribution in [0.15, 0.2) is 0 Å². The maximum atomic E-state index is 9.63. The average Bonchev–Trinajstić information content (AvgIpc) is 2.37. The van der Waals surface area contributed by atoms with E-state index in [0.717, 1.165) is 0 Å². The summed E-state index contributed by atoms with van der Waals surface area (Å²) in [6.07, 6.45) is -14.2. The molecule has 0 aromatic rings. The number of ether oxygens (including phenoxy) is 1. The van der Waals surface area contributed by atoms with Crippen molar-refractivity contribution in [3.8, 4) is 0 Å². The minimum absolute atomic E-state index is 0.839. The van der Waals surface area contributed by atoms with Crippen molar-refractivity contribution >= 4 is 0 Å². The Bertz CT molecular complexity index is 262. The second-order valence-corrected chi connectivity index (χ2v) is 4.19. The number of aliphatic hydroxyl groups is 8. The molecule has 7 unspecified atom stereocenters. The van der Waals surface area contributed by atoms with Gasteiger partial charge in [-0.05, 0) is 0 Å². The molecule has 0 aromatic heterocycles. The summed E-state index contributed by atoms with van der Waals surface area (Å²) in [5.74, 6) is 0. The van der Waals surface area contributed by atoms with Gasteiger partial charge in [0.05, 0.1) is 6.61 Å². The second kappa shape index (κ2) is 6.19. The van der Waals surface area contributed by atoms with Gasteiger partial charge in [0.15, 0.2) is 6.29 Å². The van der Waals surface area contributed by atoms with Crippen molar-refractivity contribution in [3.05, 3.63) is 0 Å². The van der Waals surface area contributed by atoms with Crippen LogP contribution in [0.5, 0.6) is 0 Å². The summed E-state index contributed by atoms with van der Waals surface area (Å²) < 4.78 is 4.65. The van der Waals surface area contributed by atoms with E-state index in [-0.39, 0.29) is 0 Å². The van der Waals surface area contributed by atoms with Crippen LogP contribution in [0, 0.1) is 0 Å². The van der Waals surface area contributed by atoms with Gasteiger partial charge in [-0.3, -0.25) is 0 Å². The van der Waals surface area contributed by atoms with Crippen LogP contribution >= 0.6 is 0 Å². The average molecular weight is 270 g/mol. The zero-order chi connectivity index (χ0) is 14.0. The van der Waals surface area contributed by atoms with Gasteiger partial charge in [-0.2, -0.15) is 0 Å². The molecule has 8 atom stereocenters. The molecule has 0 aliphatic carbocycles. The van der Waals surface area contributed by atoms with Crippen LogP contribution in [-0.2, 0) is 4.74 Å². The molecule has 1 fully saturated rings. The lowest BCUT2D eigenvalue weighted by Crippen LogP contribution is -2.63. The highest BCUT2D eigenvalue weighted by Gasteiger charge is 2.48. The lowest BCUT2D eigenvalue weighted by molar-refractivity contribution is -0.305. The molecule has 0 saturated carbocycles. The van der Waals surface area contributed by atoms with E-state index >= 15 is 0 Å². The van der Waals surface area contributed by atoms with E-state index in [9.17, 15) is 30.6 Å². The summed E-state index contributed by atoms with van der Waals surface area (Å²) in [7, 11) is 0.